The lowest BCUT2D eigenvalue weighted by Crippen LogP contribution is -2.34. The molecule has 0 radical (unpaired) electrons. The lowest BCUT2D eigenvalue weighted by atomic mass is 10.0. The smallest absolute Gasteiger partial charge is 0.338 e. The van der Waals surface area contributed by atoms with Gasteiger partial charge in [0.1, 0.15) is 11.6 Å². The first-order valence-electron chi connectivity index (χ1n) is 13.0. The number of esters is 1. The molecule has 216 valence electrons. The minimum atomic E-state index is -1.04. The maximum atomic E-state index is 12.1. The average molecular weight is 582 g/mol. The monoisotopic (exact) mass is 581 g/mol. The van der Waals surface area contributed by atoms with E-state index < -0.39 is 24.3 Å². The molecular formula is C29H31N3O8S. The van der Waals surface area contributed by atoms with Crippen LogP contribution in [0.25, 0.3) is 0 Å². The van der Waals surface area contributed by atoms with Gasteiger partial charge >= 0.3 is 18.0 Å². The molecule has 1 aliphatic rings. The molecule has 0 unspecified atom stereocenters. The normalized spacial score (nSPS) is 18.3. The van der Waals surface area contributed by atoms with Gasteiger partial charge in [-0.15, -0.1) is 11.8 Å². The third-order valence-corrected chi connectivity index (χ3v) is 7.30. The van der Waals surface area contributed by atoms with Crippen LogP contribution in [0, 0.1) is 0 Å². The molecule has 1 aliphatic heterocycles. The SMILES string of the molecule is CCOC(=O)CNC(=O)Nc1ccc([C@@H]2O[C@H](CSc3ncccc3C(=O)O)C[C@H](c3ccc(CO)cc3)O2)cc1. The number of amides is 2. The van der Waals surface area contributed by atoms with Gasteiger partial charge in [0.05, 0.1) is 31.0 Å². The zero-order chi connectivity index (χ0) is 29.2. The maximum Gasteiger partial charge on any atom is 0.338 e. The first-order valence-corrected chi connectivity index (χ1v) is 14.0. The highest BCUT2D eigenvalue weighted by Crippen LogP contribution is 2.39. The summed E-state index contributed by atoms with van der Waals surface area (Å²) in [5.41, 5.74) is 3.07. The second kappa shape index (κ2) is 14.6. The van der Waals surface area contributed by atoms with E-state index in [-0.39, 0.29) is 37.5 Å². The summed E-state index contributed by atoms with van der Waals surface area (Å²) < 4.78 is 17.4. The van der Waals surface area contributed by atoms with Crippen LogP contribution in [0.3, 0.4) is 0 Å². The summed E-state index contributed by atoms with van der Waals surface area (Å²) in [6.07, 6.45) is 0.738. The van der Waals surface area contributed by atoms with Gasteiger partial charge < -0.3 is 35.1 Å². The molecule has 3 aromatic rings. The average Bonchev–Trinajstić information content (AvgIpc) is 2.99. The second-order valence-electron chi connectivity index (χ2n) is 9.06. The number of anilines is 1. The molecule has 11 nitrogen and oxygen atoms in total. The fraction of sp³-hybridized carbons (Fsp3) is 0.310. The zero-order valence-corrected chi connectivity index (χ0v) is 23.1. The highest BCUT2D eigenvalue weighted by Gasteiger charge is 2.32. The van der Waals surface area contributed by atoms with Gasteiger partial charge in [0.2, 0.25) is 0 Å². The van der Waals surface area contributed by atoms with Crippen LogP contribution in [0.5, 0.6) is 0 Å². The summed E-state index contributed by atoms with van der Waals surface area (Å²) in [4.78, 5) is 39.4. The molecule has 41 heavy (non-hydrogen) atoms. The van der Waals surface area contributed by atoms with Crippen molar-refractivity contribution in [1.82, 2.24) is 10.3 Å². The van der Waals surface area contributed by atoms with Gasteiger partial charge in [-0.25, -0.2) is 14.6 Å². The topological polar surface area (TPSA) is 156 Å². The second-order valence-corrected chi connectivity index (χ2v) is 10.1. The minimum absolute atomic E-state index is 0.0615. The van der Waals surface area contributed by atoms with Crippen LogP contribution in [0.15, 0.2) is 71.9 Å². The van der Waals surface area contributed by atoms with E-state index in [2.05, 4.69) is 15.6 Å². The Kier molecular flexibility index (Phi) is 10.7. The van der Waals surface area contributed by atoms with Crippen LogP contribution in [-0.4, -0.2) is 58.2 Å². The Bertz CT molecular complexity index is 1340. The Morgan fingerprint density at radius 2 is 1.78 bits per heavy atom. The molecule has 0 saturated carbocycles. The number of thioether (sulfide) groups is 1. The molecule has 2 heterocycles. The van der Waals surface area contributed by atoms with Crippen LogP contribution >= 0.6 is 11.8 Å². The number of carboxylic acids is 1. The molecule has 1 saturated heterocycles. The van der Waals surface area contributed by atoms with Crippen molar-refractivity contribution in [3.63, 3.8) is 0 Å². The highest BCUT2D eigenvalue weighted by atomic mass is 32.2. The van der Waals surface area contributed by atoms with Gasteiger partial charge in [-0.05, 0) is 42.3 Å². The number of rotatable bonds is 11. The number of aliphatic hydroxyl groups is 1. The van der Waals surface area contributed by atoms with Gasteiger partial charge in [0.15, 0.2) is 6.29 Å². The van der Waals surface area contributed by atoms with E-state index >= 15 is 0 Å². The molecule has 1 aromatic heterocycles. The van der Waals surface area contributed by atoms with Crippen molar-refractivity contribution in [3.8, 4) is 0 Å². The summed E-state index contributed by atoms with van der Waals surface area (Å²) in [5.74, 6) is -1.13. The van der Waals surface area contributed by atoms with Gasteiger partial charge in [0, 0.05) is 29.6 Å². The van der Waals surface area contributed by atoms with Crippen molar-refractivity contribution in [1.29, 1.82) is 0 Å². The number of hydrogen-bond acceptors (Lipinski definition) is 9. The largest absolute Gasteiger partial charge is 0.478 e. The Hall–Kier alpha value is -3.97. The number of carbonyl (C=O) groups is 3. The Morgan fingerprint density at radius 3 is 2.46 bits per heavy atom. The predicted molar refractivity (Wildman–Crippen MR) is 150 cm³/mol. The fourth-order valence-electron chi connectivity index (χ4n) is 4.13. The van der Waals surface area contributed by atoms with E-state index in [1.807, 2.05) is 24.3 Å². The number of hydrogen-bond donors (Lipinski definition) is 4. The van der Waals surface area contributed by atoms with Gasteiger partial charge in [-0.3, -0.25) is 4.79 Å². The Labute approximate surface area is 241 Å². The number of pyridine rings is 1. The van der Waals surface area contributed by atoms with Gasteiger partial charge in [-0.1, -0.05) is 36.4 Å². The minimum Gasteiger partial charge on any atom is -0.478 e. The Balaban J connectivity index is 1.46. The highest BCUT2D eigenvalue weighted by molar-refractivity contribution is 7.99. The summed E-state index contributed by atoms with van der Waals surface area (Å²) in [6.45, 7) is 1.61. The molecule has 2 aromatic carbocycles. The summed E-state index contributed by atoms with van der Waals surface area (Å²) >= 11 is 1.31. The molecule has 0 aliphatic carbocycles. The van der Waals surface area contributed by atoms with E-state index in [1.165, 1.54) is 17.8 Å². The number of aromatic nitrogens is 1. The van der Waals surface area contributed by atoms with E-state index in [4.69, 9.17) is 14.2 Å². The third-order valence-electron chi connectivity index (χ3n) is 6.16. The zero-order valence-electron chi connectivity index (χ0n) is 22.3. The number of urea groups is 1. The van der Waals surface area contributed by atoms with Crippen LogP contribution in [0.1, 0.15) is 52.8 Å². The van der Waals surface area contributed by atoms with Gasteiger partial charge in [-0.2, -0.15) is 0 Å². The predicted octanol–water partition coefficient (Wildman–Crippen LogP) is 4.29. The summed E-state index contributed by atoms with van der Waals surface area (Å²) in [6, 6.07) is 17.0. The molecular weight excluding hydrogens is 550 g/mol. The van der Waals surface area contributed by atoms with Crippen molar-refractivity contribution in [2.75, 3.05) is 24.2 Å². The number of carboxylic acid groups (broad SMARTS) is 1. The number of aliphatic hydroxyl groups excluding tert-OH is 1. The number of nitrogens with one attached hydrogen (secondary N) is 2. The number of ether oxygens (including phenoxy) is 3. The molecule has 3 atom stereocenters. The summed E-state index contributed by atoms with van der Waals surface area (Å²) in [7, 11) is 0. The summed E-state index contributed by atoms with van der Waals surface area (Å²) in [5, 5.41) is 24.4. The van der Waals surface area contributed by atoms with Crippen molar-refractivity contribution >= 4 is 35.4 Å². The molecule has 2 amide bonds. The quantitative estimate of drug-likeness (QED) is 0.190. The van der Waals surface area contributed by atoms with Crippen LogP contribution < -0.4 is 10.6 Å². The van der Waals surface area contributed by atoms with Crippen molar-refractivity contribution < 1.29 is 38.8 Å². The van der Waals surface area contributed by atoms with Crippen molar-refractivity contribution in [2.24, 2.45) is 0 Å². The van der Waals surface area contributed by atoms with Crippen molar-refractivity contribution in [2.45, 2.75) is 43.5 Å². The molecule has 0 spiro atoms. The first-order chi connectivity index (χ1) is 19.9. The number of nitrogens with zero attached hydrogens (tertiary/aromatic N) is 1. The lowest BCUT2D eigenvalue weighted by molar-refractivity contribution is -0.245. The fourth-order valence-corrected chi connectivity index (χ4v) is 5.13. The molecule has 0 bridgehead atoms. The van der Waals surface area contributed by atoms with E-state index in [9.17, 15) is 24.6 Å². The Morgan fingerprint density at radius 1 is 1.05 bits per heavy atom. The molecule has 12 heteroatoms. The number of carbonyl (C=O) groups excluding carboxylic acids is 2. The number of aromatic carboxylic acids is 1. The number of benzene rings is 2. The van der Waals surface area contributed by atoms with Crippen molar-refractivity contribution in [3.05, 3.63) is 89.1 Å². The van der Waals surface area contributed by atoms with Crippen LogP contribution in [-0.2, 0) is 25.6 Å². The lowest BCUT2D eigenvalue weighted by Gasteiger charge is -2.36. The van der Waals surface area contributed by atoms with E-state index in [0.29, 0.717) is 22.9 Å². The maximum absolute atomic E-state index is 12.1. The molecule has 1 fully saturated rings. The van der Waals surface area contributed by atoms with Crippen LogP contribution in [0.2, 0.25) is 0 Å². The van der Waals surface area contributed by atoms with E-state index in [1.54, 1.807) is 43.5 Å². The first kappa shape index (κ1) is 30.0. The third kappa shape index (κ3) is 8.51. The molecule has 4 N–H and O–H groups in total. The molecule has 4 rings (SSSR count). The van der Waals surface area contributed by atoms with Crippen LogP contribution in [0.4, 0.5) is 10.5 Å². The van der Waals surface area contributed by atoms with E-state index in [0.717, 1.165) is 16.7 Å². The van der Waals surface area contributed by atoms with Gasteiger partial charge in [0.25, 0.3) is 0 Å². The standard InChI is InChI=1S/C29H31N3O8S/c1-2-38-25(34)15-31-29(37)32-21-11-9-20(10-12-21)28-39-22(17-41-26-23(27(35)36)4-3-13-30-26)14-24(40-28)19-7-5-18(16-33)6-8-19/h3-13,22,24,28,33H,2,14-17H2,1H3,(H,35,36)(H2,31,32,37)/t22-,24+,28+/m0/s1.